The van der Waals surface area contributed by atoms with Gasteiger partial charge in [0.2, 0.25) is 0 Å². The zero-order valence-electron chi connectivity index (χ0n) is 8.46. The zero-order chi connectivity index (χ0) is 9.56. The summed E-state index contributed by atoms with van der Waals surface area (Å²) < 4.78 is 0. The first-order valence-electron chi connectivity index (χ1n) is 4.44. The second kappa shape index (κ2) is 5.99. The smallest absolute Gasteiger partial charge is 0.108 e. The average molecular weight is 169 g/mol. The lowest BCUT2D eigenvalue weighted by atomic mass is 10.2. The third-order valence-electron chi connectivity index (χ3n) is 1.72. The van der Waals surface area contributed by atoms with Crippen molar-refractivity contribution in [2.24, 2.45) is 0 Å². The Hall–Kier alpha value is -0.590. The molecule has 0 radical (unpaired) electrons. The van der Waals surface area contributed by atoms with Gasteiger partial charge in [0.25, 0.3) is 0 Å². The van der Waals surface area contributed by atoms with Crippen LogP contribution in [0.25, 0.3) is 0 Å². The van der Waals surface area contributed by atoms with Crippen molar-refractivity contribution in [2.75, 3.05) is 20.1 Å². The molecular formula is C9H19N3. The molecule has 0 spiro atoms. The standard InChI is InChI=1S/C9H19N3/c1-5-12(4)7-9(6-10)11-8(2)3/h8-9,11H,5,7H2,1-4H3. The maximum atomic E-state index is 8.78. The van der Waals surface area contributed by atoms with Gasteiger partial charge in [0.1, 0.15) is 6.04 Å². The van der Waals surface area contributed by atoms with Crippen LogP contribution in [0, 0.1) is 11.3 Å². The fourth-order valence-electron chi connectivity index (χ4n) is 0.974. The highest BCUT2D eigenvalue weighted by Crippen LogP contribution is 1.90. The fraction of sp³-hybridized carbons (Fsp3) is 0.889. The predicted octanol–water partition coefficient (Wildman–Crippen LogP) is 0.828. The molecule has 1 atom stereocenters. The molecule has 70 valence electrons. The van der Waals surface area contributed by atoms with Gasteiger partial charge in [-0.15, -0.1) is 0 Å². The first kappa shape index (κ1) is 11.4. The second-order valence-corrected chi connectivity index (χ2v) is 3.36. The van der Waals surface area contributed by atoms with Crippen LogP contribution in [-0.4, -0.2) is 37.1 Å². The van der Waals surface area contributed by atoms with E-state index in [0.717, 1.165) is 13.1 Å². The Morgan fingerprint density at radius 1 is 1.50 bits per heavy atom. The Labute approximate surface area is 75.4 Å². The van der Waals surface area contributed by atoms with Gasteiger partial charge in [-0.1, -0.05) is 6.92 Å². The number of nitrogens with one attached hydrogen (secondary N) is 1. The lowest BCUT2D eigenvalue weighted by Crippen LogP contribution is -2.41. The van der Waals surface area contributed by atoms with Crippen molar-refractivity contribution in [1.82, 2.24) is 10.2 Å². The number of nitrogens with zero attached hydrogens (tertiary/aromatic N) is 2. The van der Waals surface area contributed by atoms with E-state index < -0.39 is 0 Å². The van der Waals surface area contributed by atoms with Crippen LogP contribution < -0.4 is 5.32 Å². The molecule has 3 heteroatoms. The lowest BCUT2D eigenvalue weighted by molar-refractivity contribution is 0.318. The van der Waals surface area contributed by atoms with Crippen molar-refractivity contribution in [2.45, 2.75) is 32.9 Å². The van der Waals surface area contributed by atoms with Gasteiger partial charge in [-0.3, -0.25) is 5.32 Å². The number of nitriles is 1. The van der Waals surface area contributed by atoms with Gasteiger partial charge in [0.15, 0.2) is 0 Å². The summed E-state index contributed by atoms with van der Waals surface area (Å²) in [5, 5.41) is 12.0. The van der Waals surface area contributed by atoms with Crippen molar-refractivity contribution < 1.29 is 0 Å². The van der Waals surface area contributed by atoms with Crippen LogP contribution >= 0.6 is 0 Å². The monoisotopic (exact) mass is 169 g/mol. The molecule has 0 heterocycles. The first-order chi connectivity index (χ1) is 5.60. The summed E-state index contributed by atoms with van der Waals surface area (Å²) in [6, 6.07) is 2.57. The van der Waals surface area contributed by atoms with Gasteiger partial charge >= 0.3 is 0 Å². The van der Waals surface area contributed by atoms with Gasteiger partial charge in [-0.2, -0.15) is 5.26 Å². The molecule has 0 rings (SSSR count). The second-order valence-electron chi connectivity index (χ2n) is 3.36. The minimum absolute atomic E-state index is 0.0463. The number of likely N-dealkylation sites (N-methyl/N-ethyl adjacent to an activating group) is 1. The van der Waals surface area contributed by atoms with Crippen LogP contribution in [0.2, 0.25) is 0 Å². The molecule has 12 heavy (non-hydrogen) atoms. The fourth-order valence-corrected chi connectivity index (χ4v) is 0.974. The van der Waals surface area contributed by atoms with Crippen molar-refractivity contribution in [3.05, 3.63) is 0 Å². The number of hydrogen-bond donors (Lipinski definition) is 1. The number of hydrogen-bond acceptors (Lipinski definition) is 3. The molecule has 0 aromatic carbocycles. The van der Waals surface area contributed by atoms with E-state index in [1.54, 1.807) is 0 Å². The molecule has 0 aliphatic heterocycles. The third kappa shape index (κ3) is 5.11. The van der Waals surface area contributed by atoms with Gasteiger partial charge in [-0.05, 0) is 27.4 Å². The lowest BCUT2D eigenvalue weighted by Gasteiger charge is -2.20. The quantitative estimate of drug-likeness (QED) is 0.662. The Balaban J connectivity index is 3.77. The summed E-state index contributed by atoms with van der Waals surface area (Å²) in [7, 11) is 2.02. The first-order valence-corrected chi connectivity index (χ1v) is 4.44. The van der Waals surface area contributed by atoms with E-state index >= 15 is 0 Å². The van der Waals surface area contributed by atoms with Crippen molar-refractivity contribution >= 4 is 0 Å². The SMILES string of the molecule is CCN(C)CC(C#N)NC(C)C. The Morgan fingerprint density at radius 2 is 2.08 bits per heavy atom. The van der Waals surface area contributed by atoms with Crippen molar-refractivity contribution in [1.29, 1.82) is 5.26 Å². The van der Waals surface area contributed by atoms with Crippen molar-refractivity contribution in [3.8, 4) is 6.07 Å². The van der Waals surface area contributed by atoms with E-state index in [2.05, 4.69) is 37.1 Å². The molecule has 0 aromatic heterocycles. The topological polar surface area (TPSA) is 39.1 Å². The van der Waals surface area contributed by atoms with Crippen molar-refractivity contribution in [3.63, 3.8) is 0 Å². The maximum absolute atomic E-state index is 8.78. The normalized spacial score (nSPS) is 13.4. The largest absolute Gasteiger partial charge is 0.304 e. The van der Waals surface area contributed by atoms with Crippen LogP contribution in [0.4, 0.5) is 0 Å². The molecule has 1 unspecified atom stereocenters. The molecule has 0 bridgehead atoms. The van der Waals surface area contributed by atoms with Crippen LogP contribution in [0.1, 0.15) is 20.8 Å². The van der Waals surface area contributed by atoms with Crippen LogP contribution in [-0.2, 0) is 0 Å². The average Bonchev–Trinajstić information content (AvgIpc) is 2.02. The summed E-state index contributed by atoms with van der Waals surface area (Å²) in [4.78, 5) is 2.13. The van der Waals surface area contributed by atoms with Gasteiger partial charge in [-0.25, -0.2) is 0 Å². The minimum atomic E-state index is -0.0463. The molecule has 1 N–H and O–H groups in total. The van der Waals surface area contributed by atoms with E-state index in [4.69, 9.17) is 5.26 Å². The number of rotatable bonds is 5. The third-order valence-corrected chi connectivity index (χ3v) is 1.72. The van der Waals surface area contributed by atoms with E-state index in [9.17, 15) is 0 Å². The van der Waals surface area contributed by atoms with E-state index in [0.29, 0.717) is 6.04 Å². The highest BCUT2D eigenvalue weighted by atomic mass is 15.1. The molecule has 0 fully saturated rings. The van der Waals surface area contributed by atoms with Gasteiger partial charge in [0, 0.05) is 12.6 Å². The van der Waals surface area contributed by atoms with Crippen LogP contribution in [0.3, 0.4) is 0 Å². The summed E-state index contributed by atoms with van der Waals surface area (Å²) >= 11 is 0. The summed E-state index contributed by atoms with van der Waals surface area (Å²) in [5.41, 5.74) is 0. The molecule has 0 saturated heterocycles. The molecule has 0 aromatic rings. The Kier molecular flexibility index (Phi) is 5.69. The molecule has 3 nitrogen and oxygen atoms in total. The summed E-state index contributed by atoms with van der Waals surface area (Å²) in [5.74, 6) is 0. The van der Waals surface area contributed by atoms with E-state index in [-0.39, 0.29) is 6.04 Å². The summed E-state index contributed by atoms with van der Waals surface area (Å²) in [6.07, 6.45) is 0. The van der Waals surface area contributed by atoms with E-state index in [1.165, 1.54) is 0 Å². The van der Waals surface area contributed by atoms with Gasteiger partial charge < -0.3 is 4.90 Å². The molecule has 0 amide bonds. The van der Waals surface area contributed by atoms with Crippen LogP contribution in [0.15, 0.2) is 0 Å². The highest BCUT2D eigenvalue weighted by molar-refractivity contribution is 4.92. The molecule has 0 aliphatic rings. The van der Waals surface area contributed by atoms with E-state index in [1.807, 2.05) is 7.05 Å². The van der Waals surface area contributed by atoms with Crippen LogP contribution in [0.5, 0.6) is 0 Å². The van der Waals surface area contributed by atoms with Gasteiger partial charge in [0.05, 0.1) is 6.07 Å². The maximum Gasteiger partial charge on any atom is 0.108 e. The summed E-state index contributed by atoms with van der Waals surface area (Å²) in [6.45, 7) is 7.97. The predicted molar refractivity (Wildman–Crippen MR) is 50.8 cm³/mol. The zero-order valence-corrected chi connectivity index (χ0v) is 8.46. The Morgan fingerprint density at radius 3 is 2.42 bits per heavy atom. The Bertz CT molecular complexity index is 148. The molecular weight excluding hydrogens is 150 g/mol. The highest BCUT2D eigenvalue weighted by Gasteiger charge is 2.09. The minimum Gasteiger partial charge on any atom is -0.304 e. The molecule has 0 saturated carbocycles. The molecule has 0 aliphatic carbocycles.